The maximum Gasteiger partial charge on any atom is 0.293 e. The van der Waals surface area contributed by atoms with Crippen LogP contribution >= 0.6 is 0 Å². The van der Waals surface area contributed by atoms with Crippen molar-refractivity contribution in [1.29, 1.82) is 5.26 Å². The van der Waals surface area contributed by atoms with E-state index in [4.69, 9.17) is 14.6 Å². The number of benzene rings is 2. The summed E-state index contributed by atoms with van der Waals surface area (Å²) in [7, 11) is 1.52. The van der Waals surface area contributed by atoms with E-state index in [1.165, 1.54) is 24.8 Å². The normalized spacial score (nSPS) is 18.7. The number of carbonyl (C=O) groups excluding carboxylic acids is 1. The van der Waals surface area contributed by atoms with Crippen LogP contribution in [0.4, 0.5) is 17.2 Å². The number of rotatable bonds is 7. The van der Waals surface area contributed by atoms with Crippen LogP contribution in [0.1, 0.15) is 89.0 Å². The van der Waals surface area contributed by atoms with E-state index < -0.39 is 4.92 Å². The van der Waals surface area contributed by atoms with Crippen molar-refractivity contribution in [3.8, 4) is 11.8 Å². The third-order valence-electron chi connectivity index (χ3n) is 7.35. The minimum atomic E-state index is -0.445. The Balaban J connectivity index is 0.000000313. The van der Waals surface area contributed by atoms with Gasteiger partial charge < -0.3 is 14.8 Å². The molecule has 42 heavy (non-hydrogen) atoms. The smallest absolute Gasteiger partial charge is 0.293 e. The van der Waals surface area contributed by atoms with E-state index >= 15 is 0 Å². The monoisotopic (exact) mass is 575 g/mol. The van der Waals surface area contributed by atoms with Crippen molar-refractivity contribution in [2.45, 2.75) is 90.2 Å². The molecule has 2 aliphatic carbocycles. The molecule has 0 amide bonds. The number of aryl methyl sites for hydroxylation is 1. The number of fused-ring (bicyclic) bond motifs is 1. The lowest BCUT2D eigenvalue weighted by Crippen LogP contribution is -2.24. The molecule has 5 rings (SSSR count). The molecule has 1 fully saturated rings. The van der Waals surface area contributed by atoms with Crippen LogP contribution in [0.15, 0.2) is 48.5 Å². The van der Waals surface area contributed by atoms with Crippen molar-refractivity contribution >= 4 is 23.7 Å². The van der Waals surface area contributed by atoms with Crippen LogP contribution in [0.25, 0.3) is 0 Å². The van der Waals surface area contributed by atoms with E-state index in [0.717, 1.165) is 54.9 Å². The summed E-state index contributed by atoms with van der Waals surface area (Å²) in [5, 5.41) is 27.9. The molecule has 1 heterocycles. The van der Waals surface area contributed by atoms with Crippen LogP contribution in [0.2, 0.25) is 0 Å². The molecular formula is C32H41N5O5. The second-order valence-electron chi connectivity index (χ2n) is 11.1. The predicted molar refractivity (Wildman–Crippen MR) is 162 cm³/mol. The van der Waals surface area contributed by atoms with Gasteiger partial charge in [0, 0.05) is 29.8 Å². The quantitative estimate of drug-likeness (QED) is 0.175. The molecule has 3 atom stereocenters. The predicted octanol–water partition coefficient (Wildman–Crippen LogP) is 7.37. The minimum Gasteiger partial charge on any atom is -0.497 e. The molecule has 3 unspecified atom stereocenters. The zero-order chi connectivity index (χ0) is 30.9. The number of methoxy groups -OCH3 is 1. The molecule has 2 aliphatic rings. The van der Waals surface area contributed by atoms with Crippen molar-refractivity contribution in [2.75, 3.05) is 12.4 Å². The number of non-ortho nitro benzene ring substituents is 1. The van der Waals surface area contributed by atoms with Crippen LogP contribution < -0.4 is 10.1 Å². The van der Waals surface area contributed by atoms with Crippen molar-refractivity contribution in [3.05, 3.63) is 75.5 Å². The molecule has 224 valence electrons. The molecule has 3 aromatic rings. The van der Waals surface area contributed by atoms with E-state index in [-0.39, 0.29) is 23.2 Å². The lowest BCUT2D eigenvalue weighted by atomic mass is 10.0. The standard InChI is InChI=1S/C23H28N4O2.C7H7NO3.C2H6/c1-23(2,3)27-22(12-21(26-27)16-6-8-19(11-16)29-14-28)25-18-7-9-20-15(10-18)4-5-17(20)13-24;1-11-7-4-2-6(3-5-7)8(9)10;1-2/h7,9-10,12,14,16-17,19,25H,4-6,8,11H2,1-3H3;2-5H,1H3;1-2H3. The summed E-state index contributed by atoms with van der Waals surface area (Å²) < 4.78 is 12.0. The van der Waals surface area contributed by atoms with Crippen LogP contribution in [-0.4, -0.2) is 34.4 Å². The Morgan fingerprint density at radius 1 is 1.12 bits per heavy atom. The van der Waals surface area contributed by atoms with Crippen LogP contribution in [0, 0.1) is 21.4 Å². The Morgan fingerprint density at radius 3 is 2.43 bits per heavy atom. The van der Waals surface area contributed by atoms with Crippen LogP contribution in [0.5, 0.6) is 5.75 Å². The third-order valence-corrected chi connectivity index (χ3v) is 7.35. The highest BCUT2D eigenvalue weighted by atomic mass is 16.6. The van der Waals surface area contributed by atoms with Gasteiger partial charge in [-0.05, 0) is 88.3 Å². The topological polar surface area (TPSA) is 132 Å². The zero-order valence-corrected chi connectivity index (χ0v) is 25.3. The Hall–Kier alpha value is -4.39. The summed E-state index contributed by atoms with van der Waals surface area (Å²) >= 11 is 0. The molecule has 0 aliphatic heterocycles. The van der Waals surface area contributed by atoms with Crippen molar-refractivity contribution < 1.29 is 19.2 Å². The lowest BCUT2D eigenvalue weighted by Gasteiger charge is -2.23. The number of anilines is 2. The number of hydrogen-bond donors (Lipinski definition) is 1. The highest BCUT2D eigenvalue weighted by Gasteiger charge is 2.31. The Bertz CT molecular complexity index is 1390. The first-order valence-electron chi connectivity index (χ1n) is 14.4. The number of nitriles is 1. The number of carbonyl (C=O) groups is 1. The number of nitro groups is 1. The van der Waals surface area contributed by atoms with Gasteiger partial charge in [-0.1, -0.05) is 19.9 Å². The fraction of sp³-hybridized carbons (Fsp3) is 0.469. The Labute approximate surface area is 247 Å². The fourth-order valence-corrected chi connectivity index (χ4v) is 5.29. The zero-order valence-electron chi connectivity index (χ0n) is 25.3. The molecule has 0 radical (unpaired) electrons. The number of nitrogens with one attached hydrogen (secondary N) is 1. The molecule has 0 spiro atoms. The van der Waals surface area contributed by atoms with Gasteiger partial charge in [-0.3, -0.25) is 14.9 Å². The van der Waals surface area contributed by atoms with Gasteiger partial charge in [-0.25, -0.2) is 4.68 Å². The van der Waals surface area contributed by atoms with Gasteiger partial charge in [-0.2, -0.15) is 10.4 Å². The van der Waals surface area contributed by atoms with E-state index in [0.29, 0.717) is 18.1 Å². The number of aromatic nitrogens is 2. The molecule has 10 nitrogen and oxygen atoms in total. The first-order chi connectivity index (χ1) is 20.1. The molecule has 0 saturated heterocycles. The van der Waals surface area contributed by atoms with Gasteiger partial charge in [-0.15, -0.1) is 0 Å². The summed E-state index contributed by atoms with van der Waals surface area (Å²) in [6, 6.07) is 16.7. The average Bonchev–Trinajstić information content (AvgIpc) is 3.73. The molecule has 10 heteroatoms. The molecule has 1 N–H and O–H groups in total. The molecule has 1 aromatic heterocycles. The summed E-state index contributed by atoms with van der Waals surface area (Å²) in [6.45, 7) is 11.0. The summed E-state index contributed by atoms with van der Waals surface area (Å²) in [5.41, 5.74) is 4.40. The van der Waals surface area contributed by atoms with E-state index in [1.807, 2.05) is 18.5 Å². The second-order valence-corrected chi connectivity index (χ2v) is 11.1. The summed E-state index contributed by atoms with van der Waals surface area (Å²) in [4.78, 5) is 20.4. The SMILES string of the molecule is CC.CC(C)(C)n1nc(C2CCC(OC=O)C2)cc1Nc1ccc2c(c1)CCC2C#N.COc1ccc([N+](=O)[O-])cc1. The molecule has 1 saturated carbocycles. The molecule has 2 aromatic carbocycles. The minimum absolute atomic E-state index is 0.00140. The largest absolute Gasteiger partial charge is 0.497 e. The average molecular weight is 576 g/mol. The maximum atomic E-state index is 10.6. The number of nitro benzene ring substituents is 1. The summed E-state index contributed by atoms with van der Waals surface area (Å²) in [6.07, 6.45) is 4.55. The molecular weight excluding hydrogens is 534 g/mol. The van der Waals surface area contributed by atoms with E-state index in [2.05, 4.69) is 56.4 Å². The van der Waals surface area contributed by atoms with Gasteiger partial charge in [0.05, 0.1) is 35.3 Å². The third kappa shape index (κ3) is 7.87. The highest BCUT2D eigenvalue weighted by molar-refractivity contribution is 5.60. The van der Waals surface area contributed by atoms with Gasteiger partial charge in [0.15, 0.2) is 0 Å². The molecule has 0 bridgehead atoms. The van der Waals surface area contributed by atoms with Gasteiger partial charge in [0.2, 0.25) is 0 Å². The Morgan fingerprint density at radius 2 is 1.83 bits per heavy atom. The number of ether oxygens (including phenoxy) is 2. The lowest BCUT2D eigenvalue weighted by molar-refractivity contribution is -0.384. The van der Waals surface area contributed by atoms with Crippen molar-refractivity contribution in [2.24, 2.45) is 0 Å². The highest BCUT2D eigenvalue weighted by Crippen LogP contribution is 2.39. The van der Waals surface area contributed by atoms with E-state index in [1.54, 1.807) is 12.1 Å². The first-order valence-corrected chi connectivity index (χ1v) is 14.4. The fourth-order valence-electron chi connectivity index (χ4n) is 5.29. The van der Waals surface area contributed by atoms with Gasteiger partial charge in [0.25, 0.3) is 12.2 Å². The Kier molecular flexibility index (Phi) is 11.1. The first kappa shape index (κ1) is 32.1. The van der Waals surface area contributed by atoms with E-state index in [9.17, 15) is 20.2 Å². The van der Waals surface area contributed by atoms with Gasteiger partial charge in [0.1, 0.15) is 17.7 Å². The second kappa shape index (κ2) is 14.5. The summed E-state index contributed by atoms with van der Waals surface area (Å²) in [5.74, 6) is 1.91. The van der Waals surface area contributed by atoms with Crippen molar-refractivity contribution in [3.63, 3.8) is 0 Å². The number of nitrogens with zero attached hydrogens (tertiary/aromatic N) is 4. The van der Waals surface area contributed by atoms with Crippen LogP contribution in [0.3, 0.4) is 0 Å². The van der Waals surface area contributed by atoms with Crippen molar-refractivity contribution in [1.82, 2.24) is 9.78 Å². The van der Waals surface area contributed by atoms with Crippen LogP contribution in [-0.2, 0) is 21.5 Å². The maximum absolute atomic E-state index is 10.6. The number of hydrogen-bond acceptors (Lipinski definition) is 8. The van der Waals surface area contributed by atoms with Gasteiger partial charge >= 0.3 is 0 Å².